The molecule has 156 valence electrons. The molecule has 4 heteroatoms. The van der Waals surface area contributed by atoms with Crippen LogP contribution in [0.25, 0.3) is 32.7 Å². The molecule has 0 aliphatic rings. The van der Waals surface area contributed by atoms with Gasteiger partial charge in [-0.15, -0.1) is 0 Å². The SMILES string of the molecule is COc1ccc2ccc(NC(=O)c3ccccc3)c(-c3c(O)ccc4ccccc34)c2c1. The number of hydrogen-bond acceptors (Lipinski definition) is 3. The van der Waals surface area contributed by atoms with Gasteiger partial charge in [0.2, 0.25) is 0 Å². The summed E-state index contributed by atoms with van der Waals surface area (Å²) in [5.41, 5.74) is 2.60. The highest BCUT2D eigenvalue weighted by Crippen LogP contribution is 2.44. The number of carbonyl (C=O) groups excluding carboxylic acids is 1. The molecule has 32 heavy (non-hydrogen) atoms. The van der Waals surface area contributed by atoms with Gasteiger partial charge in [-0.1, -0.05) is 60.7 Å². The monoisotopic (exact) mass is 419 g/mol. The number of anilines is 1. The Balaban J connectivity index is 1.81. The molecular formula is C28H21NO3. The van der Waals surface area contributed by atoms with E-state index < -0.39 is 0 Å². The zero-order chi connectivity index (χ0) is 22.1. The molecule has 0 bridgehead atoms. The molecule has 0 unspecified atom stereocenters. The van der Waals surface area contributed by atoms with E-state index in [1.54, 1.807) is 25.3 Å². The molecule has 2 N–H and O–H groups in total. The van der Waals surface area contributed by atoms with Crippen molar-refractivity contribution in [3.8, 4) is 22.6 Å². The van der Waals surface area contributed by atoms with Gasteiger partial charge in [0.25, 0.3) is 5.91 Å². The topological polar surface area (TPSA) is 58.6 Å². The van der Waals surface area contributed by atoms with Gasteiger partial charge < -0.3 is 15.2 Å². The van der Waals surface area contributed by atoms with Crippen LogP contribution >= 0.6 is 0 Å². The van der Waals surface area contributed by atoms with Crippen LogP contribution in [0.2, 0.25) is 0 Å². The zero-order valence-corrected chi connectivity index (χ0v) is 17.5. The molecule has 0 spiro atoms. The molecule has 0 aliphatic carbocycles. The number of benzene rings is 5. The first-order chi connectivity index (χ1) is 15.7. The van der Waals surface area contributed by atoms with Crippen LogP contribution in [0.1, 0.15) is 10.4 Å². The van der Waals surface area contributed by atoms with Crippen LogP contribution < -0.4 is 10.1 Å². The Hall–Kier alpha value is -4.31. The van der Waals surface area contributed by atoms with Gasteiger partial charge in [0.15, 0.2) is 0 Å². The van der Waals surface area contributed by atoms with Gasteiger partial charge >= 0.3 is 0 Å². The zero-order valence-electron chi connectivity index (χ0n) is 17.5. The predicted molar refractivity (Wildman–Crippen MR) is 130 cm³/mol. The van der Waals surface area contributed by atoms with Gasteiger partial charge in [0.1, 0.15) is 11.5 Å². The van der Waals surface area contributed by atoms with Crippen molar-refractivity contribution in [2.45, 2.75) is 0 Å². The molecule has 4 nitrogen and oxygen atoms in total. The number of rotatable bonds is 4. The fourth-order valence-electron chi connectivity index (χ4n) is 4.11. The van der Waals surface area contributed by atoms with E-state index in [9.17, 15) is 9.90 Å². The average molecular weight is 419 g/mol. The van der Waals surface area contributed by atoms with Crippen molar-refractivity contribution in [2.24, 2.45) is 0 Å². The lowest BCUT2D eigenvalue weighted by atomic mass is 9.91. The lowest BCUT2D eigenvalue weighted by Crippen LogP contribution is -2.12. The predicted octanol–water partition coefficient (Wildman–Crippen LogP) is 6.63. The lowest BCUT2D eigenvalue weighted by molar-refractivity contribution is 0.102. The summed E-state index contributed by atoms with van der Waals surface area (Å²) < 4.78 is 5.47. The first kappa shape index (κ1) is 19.6. The summed E-state index contributed by atoms with van der Waals surface area (Å²) in [4.78, 5) is 13.0. The van der Waals surface area contributed by atoms with E-state index in [2.05, 4.69) is 5.32 Å². The number of nitrogens with one attached hydrogen (secondary N) is 1. The third-order valence-corrected chi connectivity index (χ3v) is 5.67. The highest BCUT2D eigenvalue weighted by Gasteiger charge is 2.19. The number of ether oxygens (including phenoxy) is 1. The summed E-state index contributed by atoms with van der Waals surface area (Å²) in [6, 6.07) is 30.2. The Bertz CT molecular complexity index is 1460. The Morgan fingerprint density at radius 2 is 1.44 bits per heavy atom. The van der Waals surface area contributed by atoms with Crippen molar-refractivity contribution in [2.75, 3.05) is 12.4 Å². The van der Waals surface area contributed by atoms with E-state index in [1.165, 1.54) is 0 Å². The maximum atomic E-state index is 13.0. The molecule has 0 saturated heterocycles. The van der Waals surface area contributed by atoms with Crippen LogP contribution in [0.15, 0.2) is 97.1 Å². The number of methoxy groups -OCH3 is 1. The van der Waals surface area contributed by atoms with Crippen LogP contribution in [0.5, 0.6) is 11.5 Å². The van der Waals surface area contributed by atoms with E-state index >= 15 is 0 Å². The number of phenols is 1. The molecule has 5 rings (SSSR count). The van der Waals surface area contributed by atoms with Gasteiger partial charge in [-0.3, -0.25) is 4.79 Å². The number of amides is 1. The average Bonchev–Trinajstić information content (AvgIpc) is 2.84. The summed E-state index contributed by atoms with van der Waals surface area (Å²) in [6.45, 7) is 0. The molecule has 0 aromatic heterocycles. The smallest absolute Gasteiger partial charge is 0.255 e. The van der Waals surface area contributed by atoms with Gasteiger partial charge in [-0.2, -0.15) is 0 Å². The first-order valence-corrected chi connectivity index (χ1v) is 10.3. The van der Waals surface area contributed by atoms with Crippen LogP contribution in [-0.2, 0) is 0 Å². The molecule has 0 atom stereocenters. The van der Waals surface area contributed by atoms with Gasteiger partial charge in [-0.25, -0.2) is 0 Å². The second-order valence-corrected chi connectivity index (χ2v) is 7.58. The second-order valence-electron chi connectivity index (χ2n) is 7.58. The molecule has 5 aromatic carbocycles. The van der Waals surface area contributed by atoms with Crippen LogP contribution in [0.3, 0.4) is 0 Å². The molecule has 5 aromatic rings. The molecule has 1 amide bonds. The largest absolute Gasteiger partial charge is 0.507 e. The van der Waals surface area contributed by atoms with Crippen molar-refractivity contribution in [1.29, 1.82) is 0 Å². The Kier molecular flexibility index (Phi) is 4.96. The third kappa shape index (κ3) is 3.42. The Labute approximate surface area is 185 Å². The van der Waals surface area contributed by atoms with Crippen LogP contribution in [-0.4, -0.2) is 18.1 Å². The summed E-state index contributed by atoms with van der Waals surface area (Å²) in [6.07, 6.45) is 0. The molecule has 0 radical (unpaired) electrons. The minimum Gasteiger partial charge on any atom is -0.507 e. The summed E-state index contributed by atoms with van der Waals surface area (Å²) in [5.74, 6) is 0.632. The number of hydrogen-bond donors (Lipinski definition) is 2. The maximum Gasteiger partial charge on any atom is 0.255 e. The molecular weight excluding hydrogens is 398 g/mol. The summed E-state index contributed by atoms with van der Waals surface area (Å²) in [7, 11) is 1.62. The van der Waals surface area contributed by atoms with Gasteiger partial charge in [0.05, 0.1) is 7.11 Å². The standard InChI is InChI=1S/C28H21NO3/c1-32-21-14-11-19-12-15-24(29-28(31)20-8-3-2-4-9-20)26(23(19)17-21)27-22-10-6-5-7-18(22)13-16-25(27)30/h2-17,30H,1H3,(H,29,31). The van der Waals surface area contributed by atoms with E-state index in [1.807, 2.05) is 78.9 Å². The van der Waals surface area contributed by atoms with E-state index in [4.69, 9.17) is 4.74 Å². The van der Waals surface area contributed by atoms with E-state index in [0.717, 1.165) is 27.1 Å². The maximum absolute atomic E-state index is 13.0. The van der Waals surface area contributed by atoms with Crippen LogP contribution in [0.4, 0.5) is 5.69 Å². The number of phenolic OH excluding ortho intramolecular Hbond substituents is 1. The fraction of sp³-hybridized carbons (Fsp3) is 0.0357. The Morgan fingerprint density at radius 1 is 0.750 bits per heavy atom. The highest BCUT2D eigenvalue weighted by atomic mass is 16.5. The molecule has 0 aliphatic heterocycles. The van der Waals surface area contributed by atoms with Crippen molar-refractivity contribution in [3.05, 3.63) is 103 Å². The summed E-state index contributed by atoms with van der Waals surface area (Å²) in [5, 5.41) is 17.8. The van der Waals surface area contributed by atoms with Crippen LogP contribution in [0, 0.1) is 0 Å². The second kappa shape index (κ2) is 8.08. The van der Waals surface area contributed by atoms with Gasteiger partial charge in [0, 0.05) is 22.4 Å². The summed E-state index contributed by atoms with van der Waals surface area (Å²) >= 11 is 0. The first-order valence-electron chi connectivity index (χ1n) is 10.3. The minimum atomic E-state index is -0.214. The lowest BCUT2D eigenvalue weighted by Gasteiger charge is -2.18. The number of fused-ring (bicyclic) bond motifs is 2. The molecule has 0 fully saturated rings. The van der Waals surface area contributed by atoms with Gasteiger partial charge in [-0.05, 0) is 57.9 Å². The number of aromatic hydroxyl groups is 1. The quantitative estimate of drug-likeness (QED) is 0.344. The molecule has 0 heterocycles. The molecule has 0 saturated carbocycles. The number of carbonyl (C=O) groups is 1. The Morgan fingerprint density at radius 3 is 2.25 bits per heavy atom. The van der Waals surface area contributed by atoms with Crippen molar-refractivity contribution in [1.82, 2.24) is 0 Å². The van der Waals surface area contributed by atoms with Crippen molar-refractivity contribution in [3.63, 3.8) is 0 Å². The fourth-order valence-corrected chi connectivity index (χ4v) is 4.11. The minimum absolute atomic E-state index is 0.147. The normalized spacial score (nSPS) is 10.9. The highest BCUT2D eigenvalue weighted by molar-refractivity contribution is 6.15. The van der Waals surface area contributed by atoms with E-state index in [0.29, 0.717) is 22.6 Å². The third-order valence-electron chi connectivity index (χ3n) is 5.67. The van der Waals surface area contributed by atoms with Crippen molar-refractivity contribution < 1.29 is 14.6 Å². The van der Waals surface area contributed by atoms with E-state index in [-0.39, 0.29) is 11.7 Å². The van der Waals surface area contributed by atoms with Crippen molar-refractivity contribution >= 4 is 33.1 Å².